The highest BCUT2D eigenvalue weighted by Gasteiger charge is 2.40. The summed E-state index contributed by atoms with van der Waals surface area (Å²) in [7, 11) is 1.71. The molecule has 1 saturated carbocycles. The molecule has 0 N–H and O–H groups in total. The highest BCUT2D eigenvalue weighted by molar-refractivity contribution is 6.44. The lowest BCUT2D eigenvalue weighted by Gasteiger charge is -2.19. The zero-order chi connectivity index (χ0) is 13.8. The monoisotopic (exact) mass is 266 g/mol. The summed E-state index contributed by atoms with van der Waals surface area (Å²) in [5, 5.41) is 0. The summed E-state index contributed by atoms with van der Waals surface area (Å²) in [4.78, 5) is 30.1. The zero-order valence-corrected chi connectivity index (χ0v) is 11.7. The number of rotatable bonds is 3. The molecule has 0 radical (unpaired) electrons. The molecule has 2 rings (SSSR count). The van der Waals surface area contributed by atoms with Crippen LogP contribution in [0.15, 0.2) is 4.99 Å². The van der Waals surface area contributed by atoms with Crippen molar-refractivity contribution in [2.24, 2.45) is 10.9 Å². The zero-order valence-electron chi connectivity index (χ0n) is 11.7. The first-order valence-corrected chi connectivity index (χ1v) is 7.13. The number of carbonyl (C=O) groups excluding carboxylic acids is 2. The fourth-order valence-corrected chi connectivity index (χ4v) is 2.77. The quantitative estimate of drug-likeness (QED) is 0.726. The Morgan fingerprint density at radius 3 is 2.68 bits per heavy atom. The summed E-state index contributed by atoms with van der Waals surface area (Å²) in [6, 6.07) is 0.205. The van der Waals surface area contributed by atoms with Crippen molar-refractivity contribution in [1.82, 2.24) is 4.90 Å². The van der Waals surface area contributed by atoms with Gasteiger partial charge in [0.2, 0.25) is 0 Å². The van der Waals surface area contributed by atoms with Crippen LogP contribution in [0.1, 0.15) is 39.0 Å². The topological polar surface area (TPSA) is 59.0 Å². The largest absolute Gasteiger partial charge is 0.465 e. The molecule has 1 heterocycles. The van der Waals surface area contributed by atoms with Gasteiger partial charge >= 0.3 is 5.97 Å². The Morgan fingerprint density at radius 1 is 1.37 bits per heavy atom. The minimum Gasteiger partial charge on any atom is -0.465 e. The minimum atomic E-state index is -0.501. The SMILES string of the molecule is CCOC(=O)[C@H]1CN(C)C(=O)C1=NC1CCCCC1. The van der Waals surface area contributed by atoms with Crippen molar-refractivity contribution < 1.29 is 14.3 Å². The number of aliphatic imine (C=N–C) groups is 1. The second kappa shape index (κ2) is 6.17. The van der Waals surface area contributed by atoms with Gasteiger partial charge in [0.1, 0.15) is 11.6 Å². The van der Waals surface area contributed by atoms with E-state index in [0.29, 0.717) is 18.9 Å². The molecule has 0 aromatic carbocycles. The van der Waals surface area contributed by atoms with Crippen LogP contribution in [-0.2, 0) is 14.3 Å². The van der Waals surface area contributed by atoms with Crippen molar-refractivity contribution in [3.63, 3.8) is 0 Å². The summed E-state index contributed by atoms with van der Waals surface area (Å²) in [6.45, 7) is 2.50. The van der Waals surface area contributed by atoms with Crippen molar-refractivity contribution in [1.29, 1.82) is 0 Å². The molecule has 5 heteroatoms. The van der Waals surface area contributed by atoms with Crippen LogP contribution in [-0.4, -0.2) is 48.7 Å². The molecule has 2 aliphatic rings. The predicted molar refractivity (Wildman–Crippen MR) is 72.1 cm³/mol. The van der Waals surface area contributed by atoms with E-state index >= 15 is 0 Å². The molecule has 1 saturated heterocycles. The van der Waals surface area contributed by atoms with Crippen LogP contribution < -0.4 is 0 Å². The molecule has 1 atom stereocenters. The third-order valence-electron chi connectivity index (χ3n) is 3.82. The number of esters is 1. The Balaban J connectivity index is 2.15. The summed E-state index contributed by atoms with van der Waals surface area (Å²) >= 11 is 0. The van der Waals surface area contributed by atoms with Gasteiger partial charge in [-0.2, -0.15) is 0 Å². The standard InChI is InChI=1S/C14H22N2O3/c1-3-19-14(18)11-9-16(2)13(17)12(11)15-10-7-5-4-6-8-10/h10-11H,3-9H2,1-2H3/t11-/m0/s1. The molecule has 0 spiro atoms. The van der Waals surface area contributed by atoms with E-state index in [9.17, 15) is 9.59 Å². The van der Waals surface area contributed by atoms with Gasteiger partial charge in [-0.3, -0.25) is 14.6 Å². The number of hydrogen-bond acceptors (Lipinski definition) is 4. The van der Waals surface area contributed by atoms with Gasteiger partial charge in [-0.25, -0.2) is 0 Å². The Bertz CT molecular complexity index is 386. The molecule has 0 aromatic heterocycles. The number of ether oxygens (including phenoxy) is 1. The minimum absolute atomic E-state index is 0.122. The predicted octanol–water partition coefficient (Wildman–Crippen LogP) is 1.41. The van der Waals surface area contributed by atoms with Crippen molar-refractivity contribution in [3.05, 3.63) is 0 Å². The van der Waals surface area contributed by atoms with Gasteiger partial charge in [-0.1, -0.05) is 19.3 Å². The highest BCUT2D eigenvalue weighted by Crippen LogP contribution is 2.23. The summed E-state index contributed by atoms with van der Waals surface area (Å²) < 4.78 is 5.04. The van der Waals surface area contributed by atoms with Gasteiger partial charge in [0, 0.05) is 13.6 Å². The summed E-state index contributed by atoms with van der Waals surface area (Å²) in [5.74, 6) is -0.947. The van der Waals surface area contributed by atoms with E-state index in [1.54, 1.807) is 18.9 Å². The van der Waals surface area contributed by atoms with Crippen molar-refractivity contribution >= 4 is 17.6 Å². The van der Waals surface area contributed by atoms with Gasteiger partial charge in [0.05, 0.1) is 12.6 Å². The first-order valence-electron chi connectivity index (χ1n) is 7.13. The van der Waals surface area contributed by atoms with E-state index in [1.165, 1.54) is 6.42 Å². The van der Waals surface area contributed by atoms with Gasteiger partial charge in [0.25, 0.3) is 5.91 Å². The average molecular weight is 266 g/mol. The van der Waals surface area contributed by atoms with Crippen LogP contribution in [0.5, 0.6) is 0 Å². The van der Waals surface area contributed by atoms with Crippen LogP contribution in [0.25, 0.3) is 0 Å². The molecule has 19 heavy (non-hydrogen) atoms. The summed E-state index contributed by atoms with van der Waals surface area (Å²) in [5.41, 5.74) is 0.410. The summed E-state index contributed by atoms with van der Waals surface area (Å²) in [6.07, 6.45) is 5.62. The molecule has 0 aromatic rings. The third kappa shape index (κ3) is 3.14. The second-order valence-electron chi connectivity index (χ2n) is 5.30. The first kappa shape index (κ1) is 14.0. The maximum absolute atomic E-state index is 12.1. The lowest BCUT2D eigenvalue weighted by molar-refractivity contribution is -0.145. The highest BCUT2D eigenvalue weighted by atomic mass is 16.5. The molecule has 2 fully saturated rings. The third-order valence-corrected chi connectivity index (χ3v) is 3.82. The molecule has 1 aliphatic carbocycles. The molecular formula is C14H22N2O3. The van der Waals surface area contributed by atoms with Crippen LogP contribution in [0.2, 0.25) is 0 Å². The van der Waals surface area contributed by atoms with E-state index in [-0.39, 0.29) is 17.9 Å². The normalized spacial score (nSPS) is 27.1. The Hall–Kier alpha value is -1.39. The van der Waals surface area contributed by atoms with E-state index in [4.69, 9.17) is 4.74 Å². The van der Waals surface area contributed by atoms with Gasteiger partial charge in [-0.05, 0) is 19.8 Å². The van der Waals surface area contributed by atoms with Crippen molar-refractivity contribution in [3.8, 4) is 0 Å². The van der Waals surface area contributed by atoms with Gasteiger partial charge < -0.3 is 9.64 Å². The number of carbonyl (C=O) groups is 2. The van der Waals surface area contributed by atoms with E-state index in [0.717, 1.165) is 25.7 Å². The fraction of sp³-hybridized carbons (Fsp3) is 0.786. The maximum Gasteiger partial charge on any atom is 0.317 e. The lowest BCUT2D eigenvalue weighted by Crippen LogP contribution is -2.28. The van der Waals surface area contributed by atoms with Crippen molar-refractivity contribution in [2.45, 2.75) is 45.1 Å². The lowest BCUT2D eigenvalue weighted by atomic mass is 9.95. The number of hydrogen-bond donors (Lipinski definition) is 0. The number of nitrogens with zero attached hydrogens (tertiary/aromatic N) is 2. The molecule has 0 unspecified atom stereocenters. The molecule has 0 bridgehead atoms. The molecule has 106 valence electrons. The molecule has 1 aliphatic heterocycles. The second-order valence-corrected chi connectivity index (χ2v) is 5.30. The Morgan fingerprint density at radius 2 is 2.05 bits per heavy atom. The Labute approximate surface area is 114 Å². The van der Waals surface area contributed by atoms with E-state index in [1.807, 2.05) is 0 Å². The van der Waals surface area contributed by atoms with Gasteiger partial charge in [-0.15, -0.1) is 0 Å². The number of amides is 1. The molecular weight excluding hydrogens is 244 g/mol. The molecule has 5 nitrogen and oxygen atoms in total. The molecule has 1 amide bonds. The van der Waals surface area contributed by atoms with E-state index in [2.05, 4.69) is 4.99 Å². The number of likely N-dealkylation sites (tertiary alicyclic amines) is 1. The van der Waals surface area contributed by atoms with Crippen LogP contribution in [0, 0.1) is 5.92 Å². The maximum atomic E-state index is 12.1. The van der Waals surface area contributed by atoms with E-state index < -0.39 is 5.92 Å². The fourth-order valence-electron chi connectivity index (χ4n) is 2.77. The Kier molecular flexibility index (Phi) is 4.56. The smallest absolute Gasteiger partial charge is 0.317 e. The van der Waals surface area contributed by atoms with Gasteiger partial charge in [0.15, 0.2) is 0 Å². The van der Waals surface area contributed by atoms with Crippen LogP contribution >= 0.6 is 0 Å². The first-order chi connectivity index (χ1) is 9.13. The van der Waals surface area contributed by atoms with Crippen molar-refractivity contribution in [2.75, 3.05) is 20.2 Å². The van der Waals surface area contributed by atoms with Crippen LogP contribution in [0.4, 0.5) is 0 Å². The average Bonchev–Trinajstić information content (AvgIpc) is 2.69. The van der Waals surface area contributed by atoms with Crippen LogP contribution in [0.3, 0.4) is 0 Å².